The molecule has 1 N–H and O–H groups in total. The Hall–Kier alpha value is -2.82. The van der Waals surface area contributed by atoms with Crippen molar-refractivity contribution in [3.63, 3.8) is 0 Å². The van der Waals surface area contributed by atoms with Crippen molar-refractivity contribution in [3.8, 4) is 5.75 Å². The topological polar surface area (TPSA) is 58.6 Å². The van der Waals surface area contributed by atoms with E-state index < -0.39 is 6.04 Å². The molecule has 0 aliphatic carbocycles. The first kappa shape index (κ1) is 24.4. The van der Waals surface area contributed by atoms with E-state index in [1.165, 1.54) is 5.56 Å². The summed E-state index contributed by atoms with van der Waals surface area (Å²) in [6, 6.07) is 13.2. The van der Waals surface area contributed by atoms with Crippen molar-refractivity contribution in [2.45, 2.75) is 73.0 Å². The third kappa shape index (κ3) is 7.42. The van der Waals surface area contributed by atoms with Crippen LogP contribution < -0.4 is 10.1 Å². The quantitative estimate of drug-likeness (QED) is 0.667. The Morgan fingerprint density at radius 3 is 2.32 bits per heavy atom. The van der Waals surface area contributed by atoms with E-state index in [4.69, 9.17) is 4.74 Å². The first-order valence-electron chi connectivity index (χ1n) is 10.9. The van der Waals surface area contributed by atoms with Crippen LogP contribution in [0.5, 0.6) is 5.75 Å². The lowest BCUT2D eigenvalue weighted by atomic mass is 10.1. The van der Waals surface area contributed by atoms with E-state index in [-0.39, 0.29) is 24.0 Å². The number of nitrogens with zero attached hydrogens (tertiary/aromatic N) is 1. The van der Waals surface area contributed by atoms with Gasteiger partial charge in [0.15, 0.2) is 6.61 Å². The summed E-state index contributed by atoms with van der Waals surface area (Å²) < 4.78 is 5.80. The van der Waals surface area contributed by atoms with E-state index in [1.807, 2.05) is 90.9 Å². The van der Waals surface area contributed by atoms with E-state index >= 15 is 0 Å². The van der Waals surface area contributed by atoms with Crippen LogP contribution in [0.2, 0.25) is 0 Å². The van der Waals surface area contributed by atoms with Crippen LogP contribution in [0.25, 0.3) is 0 Å². The first-order chi connectivity index (χ1) is 14.5. The molecule has 1 atom stereocenters. The summed E-state index contributed by atoms with van der Waals surface area (Å²) in [5.41, 5.74) is 4.01. The van der Waals surface area contributed by atoms with E-state index in [0.717, 1.165) is 16.7 Å². The van der Waals surface area contributed by atoms with Crippen LogP contribution >= 0.6 is 0 Å². The summed E-state index contributed by atoms with van der Waals surface area (Å²) in [6.07, 6.45) is 0.517. The summed E-state index contributed by atoms with van der Waals surface area (Å²) >= 11 is 0. The first-order valence-corrected chi connectivity index (χ1v) is 10.9. The summed E-state index contributed by atoms with van der Waals surface area (Å²) in [5.74, 6) is 0.289. The lowest BCUT2D eigenvalue weighted by molar-refractivity contribution is -0.143. The molecule has 0 spiro atoms. The molecule has 2 aromatic carbocycles. The van der Waals surface area contributed by atoms with Gasteiger partial charge in [0.2, 0.25) is 5.91 Å². The number of hydrogen-bond donors (Lipinski definition) is 1. The van der Waals surface area contributed by atoms with Gasteiger partial charge < -0.3 is 15.0 Å². The SMILES string of the molecule is CC[C@@H](C(=O)NC(C)(C)C)N(Cc1cccc(C)c1)C(=O)COc1ccc(C)c(C)c1. The smallest absolute Gasteiger partial charge is 0.261 e. The Labute approximate surface area is 186 Å². The highest BCUT2D eigenvalue weighted by atomic mass is 16.5. The number of aryl methyl sites for hydroxylation is 3. The zero-order valence-corrected chi connectivity index (χ0v) is 19.9. The second-order valence-corrected chi connectivity index (χ2v) is 9.21. The van der Waals surface area contributed by atoms with Gasteiger partial charge in [-0.1, -0.05) is 42.8 Å². The number of carbonyl (C=O) groups is 2. The van der Waals surface area contributed by atoms with Crippen molar-refractivity contribution in [2.24, 2.45) is 0 Å². The maximum absolute atomic E-state index is 13.2. The number of hydrogen-bond acceptors (Lipinski definition) is 3. The predicted molar refractivity (Wildman–Crippen MR) is 125 cm³/mol. The molecule has 0 saturated carbocycles. The van der Waals surface area contributed by atoms with Crippen molar-refractivity contribution in [1.82, 2.24) is 10.2 Å². The molecule has 0 radical (unpaired) electrons. The van der Waals surface area contributed by atoms with Gasteiger partial charge in [-0.15, -0.1) is 0 Å². The highest BCUT2D eigenvalue weighted by molar-refractivity contribution is 5.88. The van der Waals surface area contributed by atoms with E-state index in [1.54, 1.807) is 4.90 Å². The number of ether oxygens (including phenoxy) is 1. The van der Waals surface area contributed by atoms with Crippen LogP contribution in [-0.2, 0) is 16.1 Å². The average Bonchev–Trinajstić information content (AvgIpc) is 2.67. The number of benzene rings is 2. The summed E-state index contributed by atoms with van der Waals surface area (Å²) in [6.45, 7) is 14.0. The molecule has 5 heteroatoms. The van der Waals surface area contributed by atoms with Gasteiger partial charge in [-0.25, -0.2) is 0 Å². The molecule has 168 valence electrons. The zero-order chi connectivity index (χ0) is 23.2. The summed E-state index contributed by atoms with van der Waals surface area (Å²) in [5, 5.41) is 3.02. The van der Waals surface area contributed by atoms with Crippen LogP contribution in [-0.4, -0.2) is 34.9 Å². The standard InChI is InChI=1S/C26H36N2O3/c1-8-23(25(30)27-26(5,6)7)28(16-21-11-9-10-18(2)14-21)24(29)17-31-22-13-12-19(3)20(4)15-22/h9-15,23H,8,16-17H2,1-7H3,(H,27,30)/t23-/m0/s1. The van der Waals surface area contributed by atoms with Gasteiger partial charge in [-0.3, -0.25) is 9.59 Å². The Morgan fingerprint density at radius 1 is 1.03 bits per heavy atom. The summed E-state index contributed by atoms with van der Waals surface area (Å²) in [7, 11) is 0. The molecule has 0 aliphatic rings. The molecule has 0 heterocycles. The highest BCUT2D eigenvalue weighted by Crippen LogP contribution is 2.18. The fraction of sp³-hybridized carbons (Fsp3) is 0.462. The van der Waals surface area contributed by atoms with Crippen molar-refractivity contribution < 1.29 is 14.3 Å². The minimum atomic E-state index is -0.574. The van der Waals surface area contributed by atoms with E-state index in [9.17, 15) is 9.59 Å². The van der Waals surface area contributed by atoms with Crippen molar-refractivity contribution in [1.29, 1.82) is 0 Å². The van der Waals surface area contributed by atoms with Crippen LogP contribution in [0.15, 0.2) is 42.5 Å². The lowest BCUT2D eigenvalue weighted by Crippen LogP contribution is -2.54. The maximum Gasteiger partial charge on any atom is 0.261 e. The Kier molecular flexibility index (Phi) is 8.26. The Bertz CT molecular complexity index is 915. The number of amides is 2. The normalized spacial score (nSPS) is 12.2. The zero-order valence-electron chi connectivity index (χ0n) is 19.9. The van der Waals surface area contributed by atoms with E-state index in [0.29, 0.717) is 18.7 Å². The Balaban J connectivity index is 2.24. The number of carbonyl (C=O) groups excluding carboxylic acids is 2. The molecule has 0 fully saturated rings. The molecule has 5 nitrogen and oxygen atoms in total. The van der Waals surface area contributed by atoms with Crippen LogP contribution in [0, 0.1) is 20.8 Å². The van der Waals surface area contributed by atoms with Gasteiger partial charge in [0.05, 0.1) is 0 Å². The highest BCUT2D eigenvalue weighted by Gasteiger charge is 2.30. The maximum atomic E-state index is 13.2. The molecular weight excluding hydrogens is 388 g/mol. The minimum absolute atomic E-state index is 0.117. The van der Waals surface area contributed by atoms with Crippen molar-refractivity contribution >= 4 is 11.8 Å². The van der Waals surface area contributed by atoms with E-state index in [2.05, 4.69) is 5.32 Å². The average molecular weight is 425 g/mol. The Morgan fingerprint density at radius 2 is 1.74 bits per heavy atom. The van der Waals surface area contributed by atoms with Gasteiger partial charge in [0.25, 0.3) is 5.91 Å². The third-order valence-electron chi connectivity index (χ3n) is 5.16. The van der Waals surface area contributed by atoms with Crippen molar-refractivity contribution in [2.75, 3.05) is 6.61 Å². The largest absolute Gasteiger partial charge is 0.484 e. The van der Waals surface area contributed by atoms with Gasteiger partial charge in [0.1, 0.15) is 11.8 Å². The van der Waals surface area contributed by atoms with Crippen LogP contribution in [0.1, 0.15) is 56.4 Å². The van der Waals surface area contributed by atoms with Crippen LogP contribution in [0.3, 0.4) is 0 Å². The second kappa shape index (κ2) is 10.5. The molecular formula is C26H36N2O3. The number of nitrogens with one attached hydrogen (secondary N) is 1. The second-order valence-electron chi connectivity index (χ2n) is 9.21. The van der Waals surface area contributed by atoms with Gasteiger partial charge >= 0.3 is 0 Å². The number of rotatable bonds is 8. The van der Waals surface area contributed by atoms with Crippen LogP contribution in [0.4, 0.5) is 0 Å². The predicted octanol–water partition coefficient (Wildman–Crippen LogP) is 4.71. The molecule has 2 amide bonds. The fourth-order valence-electron chi connectivity index (χ4n) is 3.41. The minimum Gasteiger partial charge on any atom is -0.484 e. The fourth-order valence-corrected chi connectivity index (χ4v) is 3.41. The molecule has 2 aromatic rings. The molecule has 2 rings (SSSR count). The molecule has 0 bridgehead atoms. The molecule has 0 aliphatic heterocycles. The van der Waals surface area contributed by atoms with Gasteiger partial charge in [-0.2, -0.15) is 0 Å². The van der Waals surface area contributed by atoms with Crippen molar-refractivity contribution in [3.05, 3.63) is 64.7 Å². The van der Waals surface area contributed by atoms with Gasteiger partial charge in [0, 0.05) is 12.1 Å². The monoisotopic (exact) mass is 424 g/mol. The molecule has 0 saturated heterocycles. The molecule has 0 unspecified atom stereocenters. The summed E-state index contributed by atoms with van der Waals surface area (Å²) in [4.78, 5) is 27.9. The third-order valence-corrected chi connectivity index (χ3v) is 5.16. The molecule has 31 heavy (non-hydrogen) atoms. The van der Waals surface area contributed by atoms with Gasteiger partial charge in [-0.05, 0) is 76.8 Å². The lowest BCUT2D eigenvalue weighted by Gasteiger charge is -2.33. The molecule has 0 aromatic heterocycles.